The molecule has 0 amide bonds. The Labute approximate surface area is 221 Å². The van der Waals surface area contributed by atoms with Gasteiger partial charge in [-0.2, -0.15) is 0 Å². The second-order valence-electron chi connectivity index (χ2n) is 9.11. The van der Waals surface area contributed by atoms with E-state index in [-0.39, 0.29) is 72.4 Å². The van der Waals surface area contributed by atoms with Crippen LogP contribution in [0, 0.1) is 10.1 Å². The number of nitro groups is 1. The van der Waals surface area contributed by atoms with E-state index in [0.29, 0.717) is 31.7 Å². The number of rotatable bonds is 8. The van der Waals surface area contributed by atoms with Crippen molar-refractivity contribution in [1.29, 1.82) is 0 Å². The number of imidazole rings is 1. The van der Waals surface area contributed by atoms with Gasteiger partial charge in [0.05, 0.1) is 12.0 Å². The Balaban J connectivity index is 1.21. The first kappa shape index (κ1) is 20.8. The Morgan fingerprint density at radius 2 is 1.82 bits per heavy atom. The average Bonchev–Trinajstić information content (AvgIpc) is 3.44. The highest BCUT2D eigenvalue weighted by atomic mass is 19.4. The lowest BCUT2D eigenvalue weighted by molar-refractivity contribution is -0.389. The number of hydrogen-bond donors (Lipinski definition) is 0. The molecule has 0 saturated carbocycles. The lowest BCUT2D eigenvalue weighted by atomic mass is 10.1. The Bertz CT molecular complexity index is 1440. The van der Waals surface area contributed by atoms with E-state index in [9.17, 15) is 23.3 Å². The highest BCUT2D eigenvalue weighted by Gasteiger charge is 2.41. The van der Waals surface area contributed by atoms with Gasteiger partial charge in [-0.3, -0.25) is 4.57 Å². The van der Waals surface area contributed by atoms with Crippen LogP contribution in [-0.4, -0.2) is 52.2 Å². The predicted molar refractivity (Wildman–Crippen MR) is 129 cm³/mol. The number of piperidine rings is 1. The topological polar surface area (TPSA) is 101 Å². The molecule has 0 N–H and O–H groups in total. The molecule has 3 aromatic rings. The summed E-state index contributed by atoms with van der Waals surface area (Å²) in [7, 11) is 0. The first-order chi connectivity index (χ1) is 19.7. The molecule has 3 heterocycles. The number of benzene rings is 2. The maximum absolute atomic E-state index is 12.4. The molecule has 2 aliphatic rings. The van der Waals surface area contributed by atoms with E-state index >= 15 is 0 Å². The molecule has 202 valence electrons. The van der Waals surface area contributed by atoms with Gasteiger partial charge in [-0.1, -0.05) is 0 Å². The quantitative estimate of drug-likeness (QED) is 0.293. The Morgan fingerprint density at radius 3 is 2.42 bits per heavy atom. The Hall–Kier alpha value is -4.16. The van der Waals surface area contributed by atoms with Gasteiger partial charge in [-0.15, -0.1) is 13.2 Å². The molecule has 1 fully saturated rings. The van der Waals surface area contributed by atoms with Gasteiger partial charge < -0.3 is 34.0 Å². The summed E-state index contributed by atoms with van der Waals surface area (Å²) in [5, 5.41) is 10.9. The van der Waals surface area contributed by atoms with Crippen LogP contribution < -0.4 is 23.8 Å². The van der Waals surface area contributed by atoms with Crippen molar-refractivity contribution in [2.24, 2.45) is 0 Å². The fourth-order valence-electron chi connectivity index (χ4n) is 4.22. The van der Waals surface area contributed by atoms with Gasteiger partial charge in [0.15, 0.2) is 5.60 Å². The predicted octanol–water partition coefficient (Wildman–Crippen LogP) is 4.97. The maximum atomic E-state index is 12.4. The molecule has 1 saturated heterocycles. The Morgan fingerprint density at radius 1 is 1.16 bits per heavy atom. The number of aromatic nitrogens is 2. The van der Waals surface area contributed by atoms with E-state index in [1.54, 1.807) is 11.8 Å². The van der Waals surface area contributed by atoms with Crippen LogP contribution in [0.1, 0.15) is 25.2 Å². The Kier molecular flexibility index (Phi) is 5.46. The van der Waals surface area contributed by atoms with E-state index in [1.165, 1.54) is 22.9 Å². The van der Waals surface area contributed by atoms with Gasteiger partial charge in [0.1, 0.15) is 36.2 Å². The number of fused-ring (bicyclic) bond motifs is 1. The number of anilines is 1. The molecule has 1 unspecified atom stereocenters. The first-order valence-corrected chi connectivity index (χ1v) is 11.6. The molecule has 10 nitrogen and oxygen atoms in total. The zero-order valence-electron chi connectivity index (χ0n) is 24.1. The van der Waals surface area contributed by atoms with Gasteiger partial charge in [0.25, 0.3) is 0 Å². The van der Waals surface area contributed by atoms with Crippen LogP contribution in [0.15, 0.2) is 54.6 Å². The molecule has 0 spiro atoms. The standard InChI is InChI=1S/C25H25F3N4O6/c1-24(15-31-14-22(32(33)34)29-23(31)38-24)16-35-18-4-2-17(3-5-18)30-12-10-20(11-13-30)36-19-6-8-21(9-7-19)37-25(26,27)28/h2-9,14,20H,10-13,15-16H2,1H3/i2D,3D,4D,5D. The largest absolute Gasteiger partial charge is 0.573 e. The number of ether oxygens (including phenoxy) is 4. The van der Waals surface area contributed by atoms with Crippen LogP contribution >= 0.6 is 0 Å². The highest BCUT2D eigenvalue weighted by molar-refractivity contribution is 5.49. The van der Waals surface area contributed by atoms with E-state index in [4.69, 9.17) is 19.7 Å². The molecule has 5 rings (SSSR count). The number of nitrogens with zero attached hydrogens (tertiary/aromatic N) is 4. The van der Waals surface area contributed by atoms with E-state index in [0.717, 1.165) is 12.1 Å². The SMILES string of the molecule is [2H]c1c([2H])c(N2CCC(Oc3ccc(OC(F)(F)F)cc3)CC2)c([2H])c([2H])c1OCC1(C)Cn2cc([N+](=O)[O-])nc2O1. The molecular formula is C25H25F3N4O6. The molecular weight excluding hydrogens is 509 g/mol. The van der Waals surface area contributed by atoms with Crippen molar-refractivity contribution < 1.29 is 42.5 Å². The minimum absolute atomic E-state index is 0.0440. The summed E-state index contributed by atoms with van der Waals surface area (Å²) < 4.78 is 93.8. The van der Waals surface area contributed by atoms with E-state index < -0.39 is 16.9 Å². The first-order valence-electron chi connectivity index (χ1n) is 13.6. The van der Waals surface area contributed by atoms with Crippen LogP contribution in [0.25, 0.3) is 0 Å². The monoisotopic (exact) mass is 538 g/mol. The second kappa shape index (κ2) is 9.95. The summed E-state index contributed by atoms with van der Waals surface area (Å²) in [5.74, 6) is -0.587. The highest BCUT2D eigenvalue weighted by Crippen LogP contribution is 2.32. The van der Waals surface area contributed by atoms with Gasteiger partial charge >= 0.3 is 18.2 Å². The van der Waals surface area contributed by atoms with Crippen LogP contribution in [0.4, 0.5) is 24.7 Å². The van der Waals surface area contributed by atoms with Crippen molar-refractivity contribution in [3.05, 3.63) is 64.7 Å². The van der Waals surface area contributed by atoms with E-state index in [1.807, 2.05) is 0 Å². The lowest BCUT2D eigenvalue weighted by Gasteiger charge is -2.33. The van der Waals surface area contributed by atoms with Crippen molar-refractivity contribution in [2.45, 2.75) is 44.4 Å². The van der Waals surface area contributed by atoms with Gasteiger partial charge in [0, 0.05) is 36.6 Å². The fourth-order valence-corrected chi connectivity index (χ4v) is 4.22. The van der Waals surface area contributed by atoms with Gasteiger partial charge in [-0.25, -0.2) is 0 Å². The molecule has 1 atom stereocenters. The summed E-state index contributed by atoms with van der Waals surface area (Å²) in [5.41, 5.74) is -0.882. The smallest absolute Gasteiger partial charge is 0.490 e. The third-order valence-electron chi connectivity index (χ3n) is 5.99. The maximum Gasteiger partial charge on any atom is 0.573 e. The van der Waals surface area contributed by atoms with Gasteiger partial charge in [-0.05, 0) is 60.3 Å². The molecule has 38 heavy (non-hydrogen) atoms. The van der Waals surface area contributed by atoms with Crippen LogP contribution in [0.3, 0.4) is 0 Å². The summed E-state index contributed by atoms with van der Waals surface area (Å²) in [6, 6.07) is 3.85. The zero-order valence-corrected chi connectivity index (χ0v) is 20.1. The number of hydrogen-bond acceptors (Lipinski definition) is 8. The van der Waals surface area contributed by atoms with E-state index in [2.05, 4.69) is 9.72 Å². The molecule has 0 aliphatic carbocycles. The summed E-state index contributed by atoms with van der Waals surface area (Å²) >= 11 is 0. The van der Waals surface area contributed by atoms with Crippen LogP contribution in [-0.2, 0) is 6.54 Å². The number of halogens is 3. The van der Waals surface area contributed by atoms with Gasteiger partial charge in [0.2, 0.25) is 0 Å². The zero-order chi connectivity index (χ0) is 30.4. The lowest BCUT2D eigenvalue weighted by Crippen LogP contribution is -2.38. The molecule has 0 radical (unpaired) electrons. The molecule has 13 heteroatoms. The van der Waals surface area contributed by atoms with Crippen molar-refractivity contribution in [3.63, 3.8) is 0 Å². The minimum Gasteiger partial charge on any atom is -0.490 e. The van der Waals surface area contributed by atoms with Crippen molar-refractivity contribution in [3.8, 4) is 23.3 Å². The summed E-state index contributed by atoms with van der Waals surface area (Å²) in [6.45, 7) is 2.41. The third-order valence-corrected chi connectivity index (χ3v) is 5.99. The molecule has 1 aromatic heterocycles. The molecule has 0 bridgehead atoms. The third kappa shape index (κ3) is 6.03. The minimum atomic E-state index is -4.79. The summed E-state index contributed by atoms with van der Waals surface area (Å²) in [4.78, 5) is 15.8. The van der Waals surface area contributed by atoms with Crippen LogP contribution in [0.2, 0.25) is 0 Å². The number of alkyl halides is 3. The van der Waals surface area contributed by atoms with Crippen LogP contribution in [0.5, 0.6) is 23.3 Å². The second-order valence-corrected chi connectivity index (χ2v) is 9.11. The van der Waals surface area contributed by atoms with Crippen molar-refractivity contribution >= 4 is 11.5 Å². The summed E-state index contributed by atoms with van der Waals surface area (Å²) in [6.07, 6.45) is -2.87. The van der Waals surface area contributed by atoms with Crippen molar-refractivity contribution in [1.82, 2.24) is 9.55 Å². The normalized spacial score (nSPS) is 21.0. The molecule has 2 aromatic carbocycles. The van der Waals surface area contributed by atoms with Crippen molar-refractivity contribution in [2.75, 3.05) is 24.6 Å². The molecule has 2 aliphatic heterocycles. The average molecular weight is 539 g/mol. The fraction of sp³-hybridized carbons (Fsp3) is 0.400.